The Kier molecular flexibility index (Phi) is 6.82. The SMILES string of the molecule is C=Nc1c(C#N)ccc(N2C[C@H](CNC3CN(c4cnc5c(c4)CNC5)C3)O[C@H](C)C2)c1/C=C\C. The number of nitrogens with one attached hydrogen (secondary N) is 2. The number of hydrogen-bond acceptors (Lipinski definition) is 8. The first-order chi connectivity index (χ1) is 17.1. The molecule has 2 N–H and O–H groups in total. The lowest BCUT2D eigenvalue weighted by atomic mass is 10.0. The van der Waals surface area contributed by atoms with Gasteiger partial charge in [0.25, 0.3) is 0 Å². The number of rotatable bonds is 7. The van der Waals surface area contributed by atoms with Crippen LogP contribution >= 0.6 is 0 Å². The van der Waals surface area contributed by atoms with Gasteiger partial charge in [0.2, 0.25) is 0 Å². The Morgan fingerprint density at radius 3 is 2.91 bits per heavy atom. The van der Waals surface area contributed by atoms with Crippen LogP contribution in [0, 0.1) is 11.3 Å². The van der Waals surface area contributed by atoms with E-state index in [0.29, 0.717) is 17.3 Å². The quantitative estimate of drug-likeness (QED) is 0.600. The Bertz CT molecular complexity index is 1160. The lowest BCUT2D eigenvalue weighted by molar-refractivity contribution is -0.0162. The minimum Gasteiger partial charge on any atom is -0.370 e. The number of anilines is 2. The van der Waals surface area contributed by atoms with Gasteiger partial charge in [-0.05, 0) is 44.3 Å². The monoisotopic (exact) mass is 471 g/mol. The van der Waals surface area contributed by atoms with Crippen LogP contribution in [0.1, 0.15) is 36.2 Å². The molecule has 2 aromatic rings. The van der Waals surface area contributed by atoms with E-state index in [9.17, 15) is 5.26 Å². The van der Waals surface area contributed by atoms with Crippen molar-refractivity contribution in [3.8, 4) is 6.07 Å². The van der Waals surface area contributed by atoms with Crippen molar-refractivity contribution in [1.82, 2.24) is 15.6 Å². The highest BCUT2D eigenvalue weighted by Crippen LogP contribution is 2.35. The third kappa shape index (κ3) is 4.80. The van der Waals surface area contributed by atoms with Crippen LogP contribution in [-0.2, 0) is 17.8 Å². The number of fused-ring (bicyclic) bond motifs is 1. The minimum absolute atomic E-state index is 0.0785. The maximum Gasteiger partial charge on any atom is 0.101 e. The number of morpholine rings is 1. The first-order valence-electron chi connectivity index (χ1n) is 12.3. The van der Waals surface area contributed by atoms with Crippen LogP contribution in [0.25, 0.3) is 6.08 Å². The van der Waals surface area contributed by atoms with Gasteiger partial charge < -0.3 is 25.2 Å². The number of nitrogens with zero attached hydrogens (tertiary/aromatic N) is 5. The Balaban J connectivity index is 1.21. The summed E-state index contributed by atoms with van der Waals surface area (Å²) in [6.07, 6.45) is 6.18. The van der Waals surface area contributed by atoms with Gasteiger partial charge in [0.1, 0.15) is 6.07 Å². The highest BCUT2D eigenvalue weighted by atomic mass is 16.5. The molecular formula is C27H33N7O. The average molecular weight is 472 g/mol. The molecule has 0 bridgehead atoms. The van der Waals surface area contributed by atoms with Crippen LogP contribution in [-0.4, -0.2) is 62.7 Å². The van der Waals surface area contributed by atoms with Crippen LogP contribution in [0.5, 0.6) is 0 Å². The zero-order chi connectivity index (χ0) is 24.4. The molecule has 5 rings (SSSR count). The van der Waals surface area contributed by atoms with E-state index in [0.717, 1.165) is 57.1 Å². The fraction of sp³-hybridized carbons (Fsp3) is 0.444. The fourth-order valence-electron chi connectivity index (χ4n) is 5.26. The Morgan fingerprint density at radius 2 is 2.14 bits per heavy atom. The summed E-state index contributed by atoms with van der Waals surface area (Å²) in [6.45, 7) is 13.9. The molecule has 2 fully saturated rings. The van der Waals surface area contributed by atoms with Gasteiger partial charge in [-0.25, -0.2) is 0 Å². The van der Waals surface area contributed by atoms with Crippen molar-refractivity contribution in [2.75, 3.05) is 42.5 Å². The van der Waals surface area contributed by atoms with Crippen molar-refractivity contribution in [2.24, 2.45) is 4.99 Å². The molecule has 0 aliphatic carbocycles. The zero-order valence-electron chi connectivity index (χ0n) is 20.5. The summed E-state index contributed by atoms with van der Waals surface area (Å²) in [6, 6.07) is 8.81. The van der Waals surface area contributed by atoms with Crippen LogP contribution in [0.2, 0.25) is 0 Å². The maximum atomic E-state index is 9.50. The Hall–Kier alpha value is -3.25. The molecule has 2 atom stereocenters. The number of allylic oxidation sites excluding steroid dienone is 1. The van der Waals surface area contributed by atoms with E-state index in [-0.39, 0.29) is 12.2 Å². The lowest BCUT2D eigenvalue weighted by Gasteiger charge is -2.43. The van der Waals surface area contributed by atoms with E-state index >= 15 is 0 Å². The van der Waals surface area contributed by atoms with E-state index < -0.39 is 0 Å². The van der Waals surface area contributed by atoms with Gasteiger partial charge in [-0.1, -0.05) is 12.2 Å². The largest absolute Gasteiger partial charge is 0.370 e. The van der Waals surface area contributed by atoms with Gasteiger partial charge in [-0.2, -0.15) is 5.26 Å². The summed E-state index contributed by atoms with van der Waals surface area (Å²) in [4.78, 5) is 13.5. The molecule has 0 unspecified atom stereocenters. The highest BCUT2D eigenvalue weighted by molar-refractivity contribution is 5.82. The van der Waals surface area contributed by atoms with E-state index in [4.69, 9.17) is 4.74 Å². The predicted molar refractivity (Wildman–Crippen MR) is 140 cm³/mol. The predicted octanol–water partition coefficient (Wildman–Crippen LogP) is 2.99. The summed E-state index contributed by atoms with van der Waals surface area (Å²) in [7, 11) is 0. The molecule has 182 valence electrons. The van der Waals surface area contributed by atoms with Crippen molar-refractivity contribution in [3.05, 3.63) is 52.9 Å². The van der Waals surface area contributed by atoms with Crippen LogP contribution in [0.3, 0.4) is 0 Å². The van der Waals surface area contributed by atoms with Crippen LogP contribution < -0.4 is 20.4 Å². The number of aromatic nitrogens is 1. The van der Waals surface area contributed by atoms with Crippen LogP contribution in [0.15, 0.2) is 35.5 Å². The second-order valence-electron chi connectivity index (χ2n) is 9.55. The van der Waals surface area contributed by atoms with Crippen molar-refractivity contribution >= 4 is 29.9 Å². The van der Waals surface area contributed by atoms with E-state index in [1.54, 1.807) is 0 Å². The number of nitriles is 1. The lowest BCUT2D eigenvalue weighted by Crippen LogP contribution is -2.60. The van der Waals surface area contributed by atoms with Gasteiger partial charge in [0, 0.05) is 63.1 Å². The molecule has 2 saturated heterocycles. The Morgan fingerprint density at radius 1 is 1.29 bits per heavy atom. The molecule has 3 aliphatic heterocycles. The molecule has 4 heterocycles. The average Bonchev–Trinajstić information content (AvgIpc) is 3.30. The van der Waals surface area contributed by atoms with Crippen molar-refractivity contribution in [1.29, 1.82) is 5.26 Å². The molecule has 0 spiro atoms. The third-order valence-electron chi connectivity index (χ3n) is 7.01. The second kappa shape index (κ2) is 10.2. The molecule has 3 aliphatic rings. The molecular weight excluding hydrogens is 438 g/mol. The van der Waals surface area contributed by atoms with E-state index in [1.165, 1.54) is 16.9 Å². The molecule has 1 aromatic carbocycles. The van der Waals surface area contributed by atoms with Crippen molar-refractivity contribution in [3.63, 3.8) is 0 Å². The number of ether oxygens (including phenoxy) is 1. The molecule has 0 saturated carbocycles. The molecule has 8 nitrogen and oxygen atoms in total. The van der Waals surface area contributed by atoms with E-state index in [2.05, 4.69) is 56.2 Å². The fourth-order valence-corrected chi connectivity index (χ4v) is 5.26. The van der Waals surface area contributed by atoms with Gasteiger partial charge in [-0.15, -0.1) is 0 Å². The summed E-state index contributed by atoms with van der Waals surface area (Å²) < 4.78 is 6.28. The van der Waals surface area contributed by atoms with Gasteiger partial charge >= 0.3 is 0 Å². The van der Waals surface area contributed by atoms with Crippen LogP contribution in [0.4, 0.5) is 17.1 Å². The first-order valence-corrected chi connectivity index (χ1v) is 12.3. The molecule has 0 amide bonds. The third-order valence-corrected chi connectivity index (χ3v) is 7.01. The zero-order valence-corrected chi connectivity index (χ0v) is 20.5. The summed E-state index contributed by atoms with van der Waals surface area (Å²) >= 11 is 0. The topological polar surface area (TPSA) is 88.8 Å². The normalized spacial score (nSPS) is 22.2. The standard InChI is InChI=1S/C27H33N7O/c1-4-5-24-26(7-6-19(9-28)27(24)29-3)34-14-18(2)35-23(17-34)12-31-21-15-33(16-21)22-8-20-10-30-13-25(20)32-11-22/h4-8,11,18,21,23,30-31H,3,10,12-17H2,1-2H3/b5-4-/t18-,23+/m1/s1. The number of aliphatic imine (C=N–C) groups is 1. The van der Waals surface area contributed by atoms with Crippen molar-refractivity contribution in [2.45, 2.75) is 45.2 Å². The maximum absolute atomic E-state index is 9.50. The van der Waals surface area contributed by atoms with Gasteiger partial charge in [-0.3, -0.25) is 9.98 Å². The minimum atomic E-state index is 0.0785. The van der Waals surface area contributed by atoms with Gasteiger partial charge in [0.05, 0.1) is 41.0 Å². The molecule has 8 heteroatoms. The first kappa shape index (κ1) is 23.5. The van der Waals surface area contributed by atoms with Gasteiger partial charge in [0.15, 0.2) is 0 Å². The Labute approximate surface area is 207 Å². The summed E-state index contributed by atoms with van der Waals surface area (Å²) in [5, 5.41) is 16.6. The summed E-state index contributed by atoms with van der Waals surface area (Å²) in [5.74, 6) is 0. The highest BCUT2D eigenvalue weighted by Gasteiger charge is 2.31. The van der Waals surface area contributed by atoms with E-state index in [1.807, 2.05) is 37.4 Å². The molecule has 0 radical (unpaired) electrons. The number of benzene rings is 1. The molecule has 1 aromatic heterocycles. The molecule has 35 heavy (non-hydrogen) atoms. The smallest absolute Gasteiger partial charge is 0.101 e. The van der Waals surface area contributed by atoms with Crippen molar-refractivity contribution < 1.29 is 4.74 Å². The number of hydrogen-bond donors (Lipinski definition) is 2. The second-order valence-corrected chi connectivity index (χ2v) is 9.55. The summed E-state index contributed by atoms with van der Waals surface area (Å²) in [5.41, 5.74) is 6.90. The number of pyridine rings is 1.